The number of nitrogens with zero attached hydrogens (tertiary/aromatic N) is 1. The Morgan fingerprint density at radius 3 is 2.30 bits per heavy atom. The van der Waals surface area contributed by atoms with Crippen molar-refractivity contribution < 1.29 is 28.3 Å². The maximum absolute atomic E-state index is 13.5. The van der Waals surface area contributed by atoms with E-state index in [4.69, 9.17) is 16.3 Å². The van der Waals surface area contributed by atoms with Crippen molar-refractivity contribution in [1.29, 1.82) is 0 Å². The molecule has 1 rings (SSSR count). The van der Waals surface area contributed by atoms with E-state index in [1.807, 2.05) is 0 Å². The third-order valence-electron chi connectivity index (χ3n) is 4.00. The number of halogens is 2. The molecule has 0 radical (unpaired) electrons. The summed E-state index contributed by atoms with van der Waals surface area (Å²) in [4.78, 5) is 49.0. The lowest BCUT2D eigenvalue weighted by atomic mass is 9.99. The Morgan fingerprint density at radius 2 is 1.77 bits per heavy atom. The summed E-state index contributed by atoms with van der Waals surface area (Å²) in [6, 6.07) is -1.27. The average Bonchev–Trinajstić information content (AvgIpc) is 2.60. The molecule has 1 saturated heterocycles. The molecule has 0 aromatic heterocycles. The number of piperidine rings is 1. The maximum atomic E-state index is 13.5. The topological polar surface area (TPSA) is 117 Å². The van der Waals surface area contributed by atoms with E-state index in [0.717, 1.165) is 6.08 Å². The van der Waals surface area contributed by atoms with E-state index in [-0.39, 0.29) is 17.3 Å². The Bertz CT molecular complexity index is 744. The number of carbonyl (C=O) groups is 4. The van der Waals surface area contributed by atoms with Crippen molar-refractivity contribution in [3.63, 3.8) is 0 Å². The highest BCUT2D eigenvalue weighted by Gasteiger charge is 2.33. The van der Waals surface area contributed by atoms with Gasteiger partial charge < -0.3 is 25.6 Å². The van der Waals surface area contributed by atoms with Gasteiger partial charge in [0, 0.05) is 18.8 Å². The van der Waals surface area contributed by atoms with Crippen LogP contribution in [0.1, 0.15) is 41.0 Å². The Morgan fingerprint density at radius 1 is 1.13 bits per heavy atom. The van der Waals surface area contributed by atoms with E-state index in [9.17, 15) is 23.6 Å². The monoisotopic (exact) mass is 446 g/mol. The molecule has 0 spiro atoms. The van der Waals surface area contributed by atoms with Gasteiger partial charge in [-0.05, 0) is 47.1 Å². The van der Waals surface area contributed by atoms with Crippen LogP contribution in [-0.2, 0) is 19.1 Å². The maximum Gasteiger partial charge on any atom is 0.408 e. The molecule has 168 valence electrons. The fourth-order valence-electron chi connectivity index (χ4n) is 2.65. The summed E-state index contributed by atoms with van der Waals surface area (Å²) in [7, 11) is 0. The van der Waals surface area contributed by atoms with Crippen LogP contribution in [0.4, 0.5) is 9.18 Å². The molecule has 1 aliphatic heterocycles. The minimum absolute atomic E-state index is 0.0897. The average molecular weight is 447 g/mol. The normalized spacial score (nSPS) is 20.6. The molecule has 0 aromatic rings. The lowest BCUT2D eigenvalue weighted by molar-refractivity contribution is -0.139. The molecule has 0 aliphatic carbocycles. The molecule has 0 bridgehead atoms. The van der Waals surface area contributed by atoms with Crippen molar-refractivity contribution in [3.05, 3.63) is 22.6 Å². The van der Waals surface area contributed by atoms with Crippen molar-refractivity contribution >= 4 is 35.9 Å². The Labute approximate surface area is 180 Å². The van der Waals surface area contributed by atoms with Crippen LogP contribution in [0.15, 0.2) is 22.6 Å². The first-order valence-electron chi connectivity index (χ1n) is 9.33. The van der Waals surface area contributed by atoms with Crippen LogP contribution in [0.3, 0.4) is 0 Å². The minimum atomic E-state index is -1.00. The zero-order valence-corrected chi connectivity index (χ0v) is 18.4. The van der Waals surface area contributed by atoms with Crippen molar-refractivity contribution in [3.8, 4) is 0 Å². The first kappa shape index (κ1) is 25.4. The van der Waals surface area contributed by atoms with Crippen LogP contribution in [0, 0.1) is 0 Å². The number of ether oxygens (including phenoxy) is 1. The molecule has 1 aliphatic rings. The standard InChI is InChI=1S/C19H28ClFN4O5/c1-11(8-13(21)12(2)20)22-16(27)17(28)23-14-6-7-25(10-26)9-15(14)24-18(29)30-19(3,4)5/h8,10,14-15H,6-7,9H2,1-5H3,(H,22,27)(H,23,28)(H,24,29)/b11-8+,13-12-. The number of hydrogen-bond acceptors (Lipinski definition) is 5. The molecule has 1 heterocycles. The first-order valence-corrected chi connectivity index (χ1v) is 9.71. The smallest absolute Gasteiger partial charge is 0.408 e. The minimum Gasteiger partial charge on any atom is -0.444 e. The van der Waals surface area contributed by atoms with Crippen LogP contribution in [0.2, 0.25) is 0 Å². The Hall–Kier alpha value is -2.62. The van der Waals surface area contributed by atoms with Gasteiger partial charge in [-0.1, -0.05) is 11.6 Å². The second-order valence-electron chi connectivity index (χ2n) is 7.88. The first-order chi connectivity index (χ1) is 13.8. The SMILES string of the molecule is C/C(Cl)=C(F)\C=C(/C)NC(=O)C(=O)NC1CCN(C=O)CC1NC(=O)OC(C)(C)C. The summed E-state index contributed by atoms with van der Waals surface area (Å²) in [5, 5.41) is 7.33. The van der Waals surface area contributed by atoms with Crippen molar-refractivity contribution in [2.24, 2.45) is 0 Å². The number of allylic oxidation sites excluding steroid dienone is 4. The second kappa shape index (κ2) is 11.0. The van der Waals surface area contributed by atoms with E-state index >= 15 is 0 Å². The highest BCUT2D eigenvalue weighted by molar-refractivity contribution is 6.35. The van der Waals surface area contributed by atoms with Gasteiger partial charge in [0.2, 0.25) is 6.41 Å². The molecule has 3 N–H and O–H groups in total. The molecule has 9 nitrogen and oxygen atoms in total. The summed E-state index contributed by atoms with van der Waals surface area (Å²) in [5.41, 5.74) is -0.636. The molecule has 2 unspecified atom stereocenters. The number of carbonyl (C=O) groups excluding carboxylic acids is 4. The third-order valence-corrected chi connectivity index (χ3v) is 4.18. The zero-order valence-electron chi connectivity index (χ0n) is 17.7. The molecule has 30 heavy (non-hydrogen) atoms. The van der Waals surface area contributed by atoms with E-state index < -0.39 is 41.4 Å². The molecule has 0 saturated carbocycles. The molecule has 4 amide bonds. The highest BCUT2D eigenvalue weighted by Crippen LogP contribution is 2.14. The summed E-state index contributed by atoms with van der Waals surface area (Å²) < 4.78 is 18.7. The third kappa shape index (κ3) is 8.81. The lowest BCUT2D eigenvalue weighted by Crippen LogP contribution is -2.61. The van der Waals surface area contributed by atoms with Crippen molar-refractivity contribution in [2.45, 2.75) is 58.7 Å². The molecule has 1 fully saturated rings. The second-order valence-corrected chi connectivity index (χ2v) is 8.45. The fourth-order valence-corrected chi connectivity index (χ4v) is 2.70. The van der Waals surface area contributed by atoms with Gasteiger partial charge in [0.1, 0.15) is 11.4 Å². The van der Waals surface area contributed by atoms with E-state index in [1.165, 1.54) is 18.7 Å². The summed E-state index contributed by atoms with van der Waals surface area (Å²) in [6.07, 6.45) is 1.24. The van der Waals surface area contributed by atoms with Gasteiger partial charge in [0.25, 0.3) is 0 Å². The predicted molar refractivity (Wildman–Crippen MR) is 109 cm³/mol. The summed E-state index contributed by atoms with van der Waals surface area (Å²) in [5.74, 6) is -2.70. The van der Waals surface area contributed by atoms with Crippen molar-refractivity contribution in [1.82, 2.24) is 20.9 Å². The van der Waals surface area contributed by atoms with E-state index in [1.54, 1.807) is 20.8 Å². The summed E-state index contributed by atoms with van der Waals surface area (Å²) >= 11 is 5.52. The molecular weight excluding hydrogens is 419 g/mol. The quantitative estimate of drug-likeness (QED) is 0.337. The number of likely N-dealkylation sites (tertiary alicyclic amines) is 1. The van der Waals surface area contributed by atoms with Crippen LogP contribution < -0.4 is 16.0 Å². The van der Waals surface area contributed by atoms with Crippen LogP contribution in [0.5, 0.6) is 0 Å². The lowest BCUT2D eigenvalue weighted by Gasteiger charge is -2.37. The largest absolute Gasteiger partial charge is 0.444 e. The van der Waals surface area contributed by atoms with Crippen LogP contribution >= 0.6 is 11.6 Å². The predicted octanol–water partition coefficient (Wildman–Crippen LogP) is 1.69. The molecule has 0 aromatic carbocycles. The number of rotatable bonds is 5. The Kier molecular flexibility index (Phi) is 9.28. The number of hydrogen-bond donors (Lipinski definition) is 3. The Balaban J connectivity index is 2.79. The van der Waals surface area contributed by atoms with Crippen LogP contribution in [-0.4, -0.2) is 60.0 Å². The number of amides is 4. The summed E-state index contributed by atoms with van der Waals surface area (Å²) in [6.45, 7) is 8.33. The van der Waals surface area contributed by atoms with E-state index in [0.29, 0.717) is 19.4 Å². The highest BCUT2D eigenvalue weighted by atomic mass is 35.5. The van der Waals surface area contributed by atoms with Gasteiger partial charge in [-0.2, -0.15) is 0 Å². The zero-order chi connectivity index (χ0) is 23.1. The van der Waals surface area contributed by atoms with Gasteiger partial charge in [0.15, 0.2) is 0 Å². The van der Waals surface area contributed by atoms with Crippen LogP contribution in [0.25, 0.3) is 0 Å². The van der Waals surface area contributed by atoms with Gasteiger partial charge >= 0.3 is 17.9 Å². The molecule has 11 heteroatoms. The number of alkyl carbamates (subject to hydrolysis) is 1. The van der Waals surface area contributed by atoms with Crippen molar-refractivity contribution in [2.75, 3.05) is 13.1 Å². The van der Waals surface area contributed by atoms with Gasteiger partial charge in [-0.3, -0.25) is 14.4 Å². The molecule has 2 atom stereocenters. The van der Waals surface area contributed by atoms with E-state index in [2.05, 4.69) is 16.0 Å². The van der Waals surface area contributed by atoms with Gasteiger partial charge in [-0.15, -0.1) is 0 Å². The fraction of sp³-hybridized carbons (Fsp3) is 0.579. The molecular formula is C19H28ClFN4O5. The van der Waals surface area contributed by atoms with Gasteiger partial charge in [0.05, 0.1) is 17.1 Å². The number of nitrogens with one attached hydrogen (secondary N) is 3. The van der Waals surface area contributed by atoms with Gasteiger partial charge in [-0.25, -0.2) is 9.18 Å².